The summed E-state index contributed by atoms with van der Waals surface area (Å²) in [4.78, 5) is 5.23. The number of aryl methyl sites for hydroxylation is 2. The maximum Gasteiger partial charge on any atom is 0.254 e. The quantitative estimate of drug-likeness (QED) is 0.159. The Labute approximate surface area is 419 Å². The van der Waals surface area contributed by atoms with E-state index >= 15 is 0 Å². The van der Waals surface area contributed by atoms with Crippen LogP contribution in [0.3, 0.4) is 0 Å². The summed E-state index contributed by atoms with van der Waals surface area (Å²) >= 11 is 7.43. The first-order chi connectivity index (χ1) is 33.7. The summed E-state index contributed by atoms with van der Waals surface area (Å²) in [7, 11) is 0. The molecule has 69 heavy (non-hydrogen) atoms. The molecule has 2 nitrogen and oxygen atoms in total. The predicted molar refractivity (Wildman–Crippen MR) is 306 cm³/mol. The number of anilines is 6. The lowest BCUT2D eigenvalue weighted by Crippen LogP contribution is -2.61. The number of thiophene rings is 4. The van der Waals surface area contributed by atoms with Crippen LogP contribution in [0.5, 0.6) is 0 Å². The third-order valence-electron chi connectivity index (χ3n) is 14.7. The minimum atomic E-state index is -0.00641. The van der Waals surface area contributed by atoms with Crippen LogP contribution in [0.1, 0.15) is 37.5 Å². The molecule has 0 spiro atoms. The Bertz CT molecular complexity index is 4060. The Morgan fingerprint density at radius 3 is 1.62 bits per heavy atom. The van der Waals surface area contributed by atoms with Crippen molar-refractivity contribution < 1.29 is 0 Å². The summed E-state index contributed by atoms with van der Waals surface area (Å²) in [5.74, 6) is 0. The second-order valence-corrected chi connectivity index (χ2v) is 23.6. The minimum absolute atomic E-state index is 0.00641. The van der Waals surface area contributed by atoms with Gasteiger partial charge in [0.05, 0.1) is 10.7 Å². The first kappa shape index (κ1) is 41.3. The highest BCUT2D eigenvalue weighted by molar-refractivity contribution is 7.26. The molecule has 0 N–H and O–H groups in total. The molecule has 0 amide bonds. The lowest BCUT2D eigenvalue weighted by Gasteiger charge is -2.43. The fraction of sp³-hybridized carbons (Fsp3) is 0.0968. The van der Waals surface area contributed by atoms with Gasteiger partial charge < -0.3 is 9.80 Å². The first-order valence-corrected chi connectivity index (χ1v) is 27.2. The number of fused-ring (bicyclic) bond motifs is 9. The van der Waals surface area contributed by atoms with Gasteiger partial charge in [0, 0.05) is 74.4 Å². The highest BCUT2D eigenvalue weighted by Gasteiger charge is 2.46. The smallest absolute Gasteiger partial charge is 0.254 e. The molecular formula is C62H45BN2S4. The van der Waals surface area contributed by atoms with Crippen molar-refractivity contribution in [1.29, 1.82) is 0 Å². The normalized spacial score (nSPS) is 13.2. The first-order valence-electron chi connectivity index (χ1n) is 23.7. The van der Waals surface area contributed by atoms with E-state index in [2.05, 4.69) is 224 Å². The van der Waals surface area contributed by atoms with Gasteiger partial charge in [0.25, 0.3) is 6.71 Å². The second-order valence-electron chi connectivity index (χ2n) is 19.8. The average Bonchev–Trinajstić information content (AvgIpc) is 4.18. The molecule has 4 aromatic heterocycles. The standard InChI is InChI=1S/C62H45BN2S4/c1-36-28-40(49-35-68-56-23-11-8-18-45(49)56)29-37(2)60(36)65-52-20-13-19-51-59(52)63(58-46-32-41(62(3,4)5)25-27-57(46)69-61(58)65)50-26-24-39(48-34-67-55-22-10-7-17-44(48)55)31-53(50)64(51)42-15-12-14-38(30-42)47-33-66-54-21-9-6-16-43(47)54/h6-35H,1-5H3. The fourth-order valence-corrected chi connectivity index (χ4v) is 15.6. The fourth-order valence-electron chi connectivity index (χ4n) is 11.5. The highest BCUT2D eigenvalue weighted by Crippen LogP contribution is 2.51. The van der Waals surface area contributed by atoms with Crippen LogP contribution in [0.4, 0.5) is 33.4 Å². The predicted octanol–water partition coefficient (Wildman–Crippen LogP) is 17.5. The topological polar surface area (TPSA) is 6.48 Å². The summed E-state index contributed by atoms with van der Waals surface area (Å²) in [6, 6.07) is 62.3. The number of hydrogen-bond donors (Lipinski definition) is 0. The molecule has 0 saturated heterocycles. The number of nitrogens with zero attached hydrogens (tertiary/aromatic N) is 2. The van der Waals surface area contributed by atoms with Crippen LogP contribution in [0.25, 0.3) is 73.7 Å². The van der Waals surface area contributed by atoms with Crippen molar-refractivity contribution >= 4 is 142 Å². The van der Waals surface area contributed by atoms with Crippen LogP contribution in [-0.4, -0.2) is 6.71 Å². The van der Waals surface area contributed by atoms with Crippen molar-refractivity contribution in [3.05, 3.63) is 197 Å². The highest BCUT2D eigenvalue weighted by atomic mass is 32.1. The van der Waals surface area contributed by atoms with Crippen LogP contribution >= 0.6 is 45.3 Å². The van der Waals surface area contributed by atoms with Gasteiger partial charge in [-0.2, -0.15) is 0 Å². The zero-order valence-electron chi connectivity index (χ0n) is 38.9. The Kier molecular flexibility index (Phi) is 9.20. The Balaban J connectivity index is 1.04. The zero-order chi connectivity index (χ0) is 46.3. The van der Waals surface area contributed by atoms with E-state index in [4.69, 9.17) is 0 Å². The van der Waals surface area contributed by atoms with Crippen molar-refractivity contribution in [3.8, 4) is 33.4 Å². The summed E-state index contributed by atoms with van der Waals surface area (Å²) < 4.78 is 5.27. The summed E-state index contributed by atoms with van der Waals surface area (Å²) in [6.45, 7) is 11.7. The van der Waals surface area contributed by atoms with Crippen molar-refractivity contribution in [2.75, 3.05) is 9.80 Å². The van der Waals surface area contributed by atoms with Crippen molar-refractivity contribution in [1.82, 2.24) is 0 Å². The lowest BCUT2D eigenvalue weighted by molar-refractivity contribution is 0.591. The van der Waals surface area contributed by atoms with Gasteiger partial charge in [-0.05, 0) is 157 Å². The third-order valence-corrected chi connectivity index (χ3v) is 18.7. The zero-order valence-corrected chi connectivity index (χ0v) is 42.2. The van der Waals surface area contributed by atoms with Gasteiger partial charge in [-0.25, -0.2) is 0 Å². The van der Waals surface area contributed by atoms with E-state index in [0.717, 1.165) is 5.69 Å². The summed E-state index contributed by atoms with van der Waals surface area (Å²) in [5, 5.41) is 13.6. The van der Waals surface area contributed by atoms with Gasteiger partial charge in [0.15, 0.2) is 0 Å². The molecule has 0 aliphatic carbocycles. The van der Waals surface area contributed by atoms with E-state index in [0.29, 0.717) is 0 Å². The number of benzene rings is 8. The molecule has 0 bridgehead atoms. The van der Waals surface area contributed by atoms with E-state index < -0.39 is 0 Å². The van der Waals surface area contributed by atoms with Crippen molar-refractivity contribution in [2.24, 2.45) is 0 Å². The van der Waals surface area contributed by atoms with E-state index in [-0.39, 0.29) is 12.1 Å². The molecule has 2 aliphatic rings. The van der Waals surface area contributed by atoms with Gasteiger partial charge in [-0.1, -0.05) is 118 Å². The van der Waals surface area contributed by atoms with Crippen LogP contribution in [0, 0.1) is 13.8 Å². The van der Waals surface area contributed by atoms with Crippen LogP contribution in [-0.2, 0) is 5.41 Å². The molecule has 2 aliphatic heterocycles. The van der Waals surface area contributed by atoms with Gasteiger partial charge in [0.1, 0.15) is 0 Å². The molecule has 0 saturated carbocycles. The Morgan fingerprint density at radius 2 is 1.00 bits per heavy atom. The second kappa shape index (κ2) is 15.4. The summed E-state index contributed by atoms with van der Waals surface area (Å²) in [6.07, 6.45) is 0. The molecule has 8 aromatic carbocycles. The van der Waals surface area contributed by atoms with E-state index in [1.165, 1.54) is 135 Å². The van der Waals surface area contributed by atoms with E-state index in [1.54, 1.807) is 0 Å². The third kappa shape index (κ3) is 6.27. The minimum Gasteiger partial charge on any atom is -0.311 e. The average molecular weight is 957 g/mol. The maximum absolute atomic E-state index is 2.65. The molecule has 0 unspecified atom stereocenters. The van der Waals surface area contributed by atoms with Gasteiger partial charge in [0.2, 0.25) is 0 Å². The Morgan fingerprint density at radius 1 is 0.435 bits per heavy atom. The molecule has 0 radical (unpaired) electrons. The summed E-state index contributed by atoms with van der Waals surface area (Å²) in [5.41, 5.74) is 21.7. The number of hydrogen-bond acceptors (Lipinski definition) is 6. The maximum atomic E-state index is 2.65. The largest absolute Gasteiger partial charge is 0.311 e. The van der Waals surface area contributed by atoms with Gasteiger partial charge in [-0.3, -0.25) is 0 Å². The Hall–Kier alpha value is -6.74. The molecular weight excluding hydrogens is 912 g/mol. The lowest BCUT2D eigenvalue weighted by atomic mass is 9.33. The monoisotopic (exact) mass is 956 g/mol. The molecule has 14 rings (SSSR count). The molecule has 6 heterocycles. The van der Waals surface area contributed by atoms with Gasteiger partial charge >= 0.3 is 0 Å². The molecule has 0 atom stereocenters. The molecule has 7 heteroatoms. The number of rotatable bonds is 5. The van der Waals surface area contributed by atoms with Crippen molar-refractivity contribution in [3.63, 3.8) is 0 Å². The van der Waals surface area contributed by atoms with Gasteiger partial charge in [-0.15, -0.1) is 45.3 Å². The van der Waals surface area contributed by atoms with Crippen LogP contribution < -0.4 is 26.2 Å². The molecule has 330 valence electrons. The molecule has 0 fully saturated rings. The van der Waals surface area contributed by atoms with E-state index in [1.807, 2.05) is 45.3 Å². The van der Waals surface area contributed by atoms with E-state index in [9.17, 15) is 0 Å². The van der Waals surface area contributed by atoms with Crippen LogP contribution in [0.2, 0.25) is 0 Å². The molecule has 12 aromatic rings. The van der Waals surface area contributed by atoms with Crippen LogP contribution in [0.15, 0.2) is 180 Å². The van der Waals surface area contributed by atoms with Crippen molar-refractivity contribution in [2.45, 2.75) is 40.0 Å². The SMILES string of the molecule is Cc1cc(-c2csc3ccccc23)cc(C)c1N1c2cccc3c2B(c2ccc(-c4csc5ccccc45)cc2N3c2cccc(-c3csc4ccccc34)c2)c2c1sc1ccc(C(C)(C)C)cc21.